The maximum absolute atomic E-state index is 10.5. The molecular weight excluding hydrogens is 244 g/mol. The van der Waals surface area contributed by atoms with Gasteiger partial charge in [0.1, 0.15) is 5.75 Å². The molecule has 1 aromatic rings. The Hall–Kier alpha value is -1.59. The molecule has 0 bridgehead atoms. The number of hydrogen-bond donors (Lipinski definition) is 2. The van der Waals surface area contributed by atoms with Crippen LogP contribution in [0.25, 0.3) is 0 Å². The van der Waals surface area contributed by atoms with E-state index in [1.54, 1.807) is 7.11 Å². The Morgan fingerprint density at radius 3 is 2.84 bits per heavy atom. The predicted octanol–water partition coefficient (Wildman–Crippen LogP) is 0.944. The van der Waals surface area contributed by atoms with E-state index < -0.39 is 5.97 Å². The fourth-order valence-electron chi connectivity index (χ4n) is 2.36. The molecular formula is C14H20N2O3. The molecule has 2 N–H and O–H groups in total. The lowest BCUT2D eigenvalue weighted by atomic mass is 10.2. The Bertz CT molecular complexity index is 419. The highest BCUT2D eigenvalue weighted by Crippen LogP contribution is 2.16. The van der Waals surface area contributed by atoms with Crippen LogP contribution in [0.1, 0.15) is 12.0 Å². The number of nitrogens with one attached hydrogen (secondary N) is 1. The molecule has 1 saturated heterocycles. The zero-order valence-corrected chi connectivity index (χ0v) is 11.1. The Labute approximate surface area is 113 Å². The van der Waals surface area contributed by atoms with E-state index >= 15 is 0 Å². The fraction of sp³-hybridized carbons (Fsp3) is 0.500. The van der Waals surface area contributed by atoms with Crippen LogP contribution in [-0.2, 0) is 11.3 Å². The van der Waals surface area contributed by atoms with Crippen LogP contribution in [-0.4, -0.2) is 48.8 Å². The maximum atomic E-state index is 10.5. The number of nitrogens with zero attached hydrogens (tertiary/aromatic N) is 1. The van der Waals surface area contributed by atoms with E-state index in [0.717, 1.165) is 31.8 Å². The van der Waals surface area contributed by atoms with Gasteiger partial charge in [-0.25, -0.2) is 0 Å². The molecule has 5 heteroatoms. The SMILES string of the molecule is COc1ccc(CN2CCC(NCC(=O)O)C2)cc1. The molecule has 1 heterocycles. The lowest BCUT2D eigenvalue weighted by molar-refractivity contribution is -0.136. The second-order valence-corrected chi connectivity index (χ2v) is 4.84. The van der Waals surface area contributed by atoms with Gasteiger partial charge in [0.2, 0.25) is 0 Å². The number of ether oxygens (including phenoxy) is 1. The van der Waals surface area contributed by atoms with Crippen LogP contribution in [0.4, 0.5) is 0 Å². The average molecular weight is 264 g/mol. The van der Waals surface area contributed by atoms with Gasteiger partial charge in [0.25, 0.3) is 0 Å². The molecule has 0 aromatic heterocycles. The van der Waals surface area contributed by atoms with Crippen LogP contribution in [0.15, 0.2) is 24.3 Å². The molecule has 0 saturated carbocycles. The minimum absolute atomic E-state index is 0.0427. The molecule has 0 amide bonds. The molecule has 1 unspecified atom stereocenters. The second kappa shape index (κ2) is 6.54. The van der Waals surface area contributed by atoms with Gasteiger partial charge in [-0.05, 0) is 24.1 Å². The number of carboxylic acids is 1. The van der Waals surface area contributed by atoms with Crippen LogP contribution in [0.3, 0.4) is 0 Å². The van der Waals surface area contributed by atoms with Crippen LogP contribution >= 0.6 is 0 Å². The first kappa shape index (κ1) is 13.8. The monoisotopic (exact) mass is 264 g/mol. The van der Waals surface area contributed by atoms with Crippen molar-refractivity contribution in [3.63, 3.8) is 0 Å². The summed E-state index contributed by atoms with van der Waals surface area (Å²) < 4.78 is 5.13. The molecule has 0 aliphatic carbocycles. The molecule has 5 nitrogen and oxygen atoms in total. The molecule has 19 heavy (non-hydrogen) atoms. The van der Waals surface area contributed by atoms with E-state index in [0.29, 0.717) is 0 Å². The topological polar surface area (TPSA) is 61.8 Å². The minimum atomic E-state index is -0.798. The summed E-state index contributed by atoms with van der Waals surface area (Å²) >= 11 is 0. The Balaban J connectivity index is 1.79. The van der Waals surface area contributed by atoms with E-state index in [1.807, 2.05) is 12.1 Å². The number of hydrogen-bond acceptors (Lipinski definition) is 4. The zero-order valence-electron chi connectivity index (χ0n) is 11.1. The molecule has 1 aliphatic rings. The first-order chi connectivity index (χ1) is 9.17. The smallest absolute Gasteiger partial charge is 0.317 e. The number of likely N-dealkylation sites (tertiary alicyclic amines) is 1. The van der Waals surface area contributed by atoms with E-state index in [1.165, 1.54) is 5.56 Å². The summed E-state index contributed by atoms with van der Waals surface area (Å²) in [4.78, 5) is 12.8. The predicted molar refractivity (Wildman–Crippen MR) is 72.3 cm³/mol. The highest BCUT2D eigenvalue weighted by atomic mass is 16.5. The third-order valence-electron chi connectivity index (χ3n) is 3.38. The van der Waals surface area contributed by atoms with Crippen molar-refractivity contribution in [2.75, 3.05) is 26.7 Å². The average Bonchev–Trinajstić information content (AvgIpc) is 2.85. The summed E-state index contributed by atoms with van der Waals surface area (Å²) in [5, 5.41) is 11.7. The lowest BCUT2D eigenvalue weighted by Crippen LogP contribution is -2.35. The standard InChI is InChI=1S/C14H20N2O3/c1-19-13-4-2-11(3-5-13)9-16-7-6-12(10-16)15-8-14(17)18/h2-5,12,15H,6-10H2,1H3,(H,17,18). The normalized spacial score (nSPS) is 19.5. The van der Waals surface area contributed by atoms with E-state index in [2.05, 4.69) is 22.3 Å². The summed E-state index contributed by atoms with van der Waals surface area (Å²) in [6, 6.07) is 8.35. The number of rotatable bonds is 6. The second-order valence-electron chi connectivity index (χ2n) is 4.84. The van der Waals surface area contributed by atoms with Crippen molar-refractivity contribution in [1.82, 2.24) is 10.2 Å². The van der Waals surface area contributed by atoms with Gasteiger partial charge >= 0.3 is 5.97 Å². The molecule has 0 spiro atoms. The highest BCUT2D eigenvalue weighted by Gasteiger charge is 2.22. The van der Waals surface area contributed by atoms with Gasteiger partial charge in [0.05, 0.1) is 13.7 Å². The molecule has 104 valence electrons. The third kappa shape index (κ3) is 4.22. The summed E-state index contributed by atoms with van der Waals surface area (Å²) in [6.07, 6.45) is 1.00. The van der Waals surface area contributed by atoms with Crippen LogP contribution in [0.2, 0.25) is 0 Å². The van der Waals surface area contributed by atoms with Crippen LogP contribution < -0.4 is 10.1 Å². The van der Waals surface area contributed by atoms with Crippen molar-refractivity contribution in [3.05, 3.63) is 29.8 Å². The number of aliphatic carboxylic acids is 1. The quantitative estimate of drug-likeness (QED) is 0.801. The van der Waals surface area contributed by atoms with Crippen molar-refractivity contribution in [2.45, 2.75) is 19.0 Å². The summed E-state index contributed by atoms with van der Waals surface area (Å²) in [5.41, 5.74) is 1.25. The van der Waals surface area contributed by atoms with E-state index in [9.17, 15) is 4.79 Å². The fourth-order valence-corrected chi connectivity index (χ4v) is 2.36. The summed E-state index contributed by atoms with van der Waals surface area (Å²) in [5.74, 6) is 0.0692. The van der Waals surface area contributed by atoms with Gasteiger partial charge < -0.3 is 15.2 Å². The molecule has 1 aromatic carbocycles. The summed E-state index contributed by atoms with van der Waals surface area (Å²) in [7, 11) is 1.66. The van der Waals surface area contributed by atoms with Gasteiger partial charge in [-0.3, -0.25) is 9.69 Å². The Morgan fingerprint density at radius 2 is 2.21 bits per heavy atom. The lowest BCUT2D eigenvalue weighted by Gasteiger charge is -2.16. The molecule has 1 atom stereocenters. The van der Waals surface area contributed by atoms with Gasteiger partial charge in [-0.15, -0.1) is 0 Å². The van der Waals surface area contributed by atoms with Gasteiger partial charge in [0, 0.05) is 25.7 Å². The molecule has 1 aliphatic heterocycles. The Kier molecular flexibility index (Phi) is 4.76. The third-order valence-corrected chi connectivity index (χ3v) is 3.38. The zero-order chi connectivity index (χ0) is 13.7. The number of methoxy groups -OCH3 is 1. The number of benzene rings is 1. The van der Waals surface area contributed by atoms with Crippen molar-refractivity contribution < 1.29 is 14.6 Å². The summed E-state index contributed by atoms with van der Waals surface area (Å²) in [6.45, 7) is 2.85. The van der Waals surface area contributed by atoms with E-state index in [4.69, 9.17) is 9.84 Å². The van der Waals surface area contributed by atoms with Gasteiger partial charge in [0.15, 0.2) is 0 Å². The first-order valence-corrected chi connectivity index (χ1v) is 6.48. The van der Waals surface area contributed by atoms with Crippen LogP contribution in [0.5, 0.6) is 5.75 Å². The Morgan fingerprint density at radius 1 is 1.47 bits per heavy atom. The van der Waals surface area contributed by atoms with Crippen molar-refractivity contribution in [3.8, 4) is 5.75 Å². The van der Waals surface area contributed by atoms with E-state index in [-0.39, 0.29) is 12.6 Å². The number of carbonyl (C=O) groups is 1. The molecule has 2 rings (SSSR count). The molecule has 0 radical (unpaired) electrons. The van der Waals surface area contributed by atoms with Crippen molar-refractivity contribution in [1.29, 1.82) is 0 Å². The minimum Gasteiger partial charge on any atom is -0.497 e. The van der Waals surface area contributed by atoms with Gasteiger partial charge in [-0.2, -0.15) is 0 Å². The van der Waals surface area contributed by atoms with Crippen LogP contribution in [0, 0.1) is 0 Å². The van der Waals surface area contributed by atoms with Gasteiger partial charge in [-0.1, -0.05) is 12.1 Å². The largest absolute Gasteiger partial charge is 0.497 e. The first-order valence-electron chi connectivity index (χ1n) is 6.48. The van der Waals surface area contributed by atoms with Crippen molar-refractivity contribution in [2.24, 2.45) is 0 Å². The number of carboxylic acid groups (broad SMARTS) is 1. The molecule has 1 fully saturated rings. The highest BCUT2D eigenvalue weighted by molar-refractivity contribution is 5.69. The van der Waals surface area contributed by atoms with Crippen molar-refractivity contribution >= 4 is 5.97 Å². The maximum Gasteiger partial charge on any atom is 0.317 e.